The number of hydrogen-bond acceptors (Lipinski definition) is 5. The molecule has 0 N–H and O–H groups in total. The van der Waals surface area contributed by atoms with Gasteiger partial charge in [-0.2, -0.15) is 5.26 Å². The third-order valence-corrected chi connectivity index (χ3v) is 4.14. The number of Topliss-reactive ketones (excluding diaryl/α,β-unsaturated/α-hetero) is 1. The van der Waals surface area contributed by atoms with Gasteiger partial charge in [0.05, 0.1) is 5.56 Å². The Morgan fingerprint density at radius 3 is 2.42 bits per heavy atom. The first-order valence-electron chi connectivity index (χ1n) is 8.27. The number of carbonyl (C=O) groups is 2. The summed E-state index contributed by atoms with van der Waals surface area (Å²) in [6.07, 6.45) is -0.918. The van der Waals surface area contributed by atoms with Crippen LogP contribution in [0.2, 0.25) is 0 Å². The van der Waals surface area contributed by atoms with Crippen molar-refractivity contribution < 1.29 is 19.1 Å². The molecule has 0 aromatic heterocycles. The molecule has 0 aliphatic rings. The molecule has 2 aromatic carbocycles. The van der Waals surface area contributed by atoms with E-state index in [1.807, 2.05) is 39.0 Å². The summed E-state index contributed by atoms with van der Waals surface area (Å²) in [5.74, 6) is -0.618. The maximum Gasteiger partial charge on any atom is 0.344 e. The summed E-state index contributed by atoms with van der Waals surface area (Å²) in [5, 5.41) is 9.00. The Bertz CT molecular complexity index is 880. The van der Waals surface area contributed by atoms with Crippen molar-refractivity contribution >= 4 is 11.8 Å². The standard InChI is InChI=1S/C21H21NO4/c1-13-9-15(3)18(10-14(13)2)21(24)16(4)26-20(23)12-25-19-8-6-5-7-17(19)11-22/h5-10,16H,12H2,1-4H3/t16-/m0/s1. The summed E-state index contributed by atoms with van der Waals surface area (Å²) in [5.41, 5.74) is 3.83. The van der Waals surface area contributed by atoms with E-state index in [-0.39, 0.29) is 12.4 Å². The highest BCUT2D eigenvalue weighted by atomic mass is 16.6. The van der Waals surface area contributed by atoms with Gasteiger partial charge in [-0.25, -0.2) is 4.79 Å². The van der Waals surface area contributed by atoms with Crippen LogP contribution in [0.5, 0.6) is 5.75 Å². The normalized spacial score (nSPS) is 11.3. The molecule has 0 heterocycles. The zero-order valence-electron chi connectivity index (χ0n) is 15.3. The smallest absolute Gasteiger partial charge is 0.344 e. The molecule has 26 heavy (non-hydrogen) atoms. The van der Waals surface area contributed by atoms with E-state index in [4.69, 9.17) is 14.7 Å². The second kappa shape index (κ2) is 8.30. The topological polar surface area (TPSA) is 76.4 Å². The van der Waals surface area contributed by atoms with Crippen LogP contribution in [0.1, 0.15) is 39.5 Å². The predicted octanol–water partition coefficient (Wildman–Crippen LogP) is 3.68. The summed E-state index contributed by atoms with van der Waals surface area (Å²) < 4.78 is 10.5. The molecule has 0 spiro atoms. The summed E-state index contributed by atoms with van der Waals surface area (Å²) in [4.78, 5) is 24.6. The molecule has 0 bridgehead atoms. The van der Waals surface area contributed by atoms with Gasteiger partial charge in [0.25, 0.3) is 0 Å². The molecule has 0 aliphatic carbocycles. The molecule has 0 radical (unpaired) electrons. The third-order valence-electron chi connectivity index (χ3n) is 4.14. The average Bonchev–Trinajstić information content (AvgIpc) is 2.62. The van der Waals surface area contributed by atoms with Crippen LogP contribution >= 0.6 is 0 Å². The van der Waals surface area contributed by atoms with Crippen molar-refractivity contribution in [1.82, 2.24) is 0 Å². The van der Waals surface area contributed by atoms with E-state index in [0.717, 1.165) is 16.7 Å². The van der Waals surface area contributed by atoms with Crippen molar-refractivity contribution in [2.75, 3.05) is 6.61 Å². The Balaban J connectivity index is 2.00. The van der Waals surface area contributed by atoms with Crippen molar-refractivity contribution in [2.24, 2.45) is 0 Å². The number of carbonyl (C=O) groups excluding carboxylic acids is 2. The maximum absolute atomic E-state index is 12.6. The van der Waals surface area contributed by atoms with Crippen LogP contribution in [0.15, 0.2) is 36.4 Å². The SMILES string of the molecule is Cc1cc(C)c(C(=O)[C@H](C)OC(=O)COc2ccccc2C#N)cc1C. The Kier molecular flexibility index (Phi) is 6.13. The van der Waals surface area contributed by atoms with Gasteiger partial charge in [-0.15, -0.1) is 0 Å². The lowest BCUT2D eigenvalue weighted by molar-refractivity contribution is -0.148. The second-order valence-corrected chi connectivity index (χ2v) is 6.14. The molecule has 2 aromatic rings. The molecular formula is C21H21NO4. The molecule has 0 saturated heterocycles. The van der Waals surface area contributed by atoms with E-state index in [9.17, 15) is 9.59 Å². The van der Waals surface area contributed by atoms with Gasteiger partial charge in [0.2, 0.25) is 5.78 Å². The zero-order valence-corrected chi connectivity index (χ0v) is 15.3. The predicted molar refractivity (Wildman–Crippen MR) is 97.2 cm³/mol. The van der Waals surface area contributed by atoms with Gasteiger partial charge in [-0.05, 0) is 62.6 Å². The van der Waals surface area contributed by atoms with E-state index in [1.165, 1.54) is 6.92 Å². The zero-order chi connectivity index (χ0) is 19.3. The lowest BCUT2D eigenvalue weighted by atomic mass is 9.96. The van der Waals surface area contributed by atoms with Crippen LogP contribution in [0.4, 0.5) is 0 Å². The highest BCUT2D eigenvalue weighted by Crippen LogP contribution is 2.19. The molecule has 1 atom stereocenters. The number of benzene rings is 2. The van der Waals surface area contributed by atoms with Gasteiger partial charge in [-0.3, -0.25) is 4.79 Å². The van der Waals surface area contributed by atoms with Crippen molar-refractivity contribution in [2.45, 2.75) is 33.8 Å². The molecule has 5 heteroatoms. The number of aryl methyl sites for hydroxylation is 3. The fraction of sp³-hybridized carbons (Fsp3) is 0.286. The first-order chi connectivity index (χ1) is 12.3. The summed E-state index contributed by atoms with van der Waals surface area (Å²) in [7, 11) is 0. The van der Waals surface area contributed by atoms with E-state index in [2.05, 4.69) is 0 Å². The molecule has 0 amide bonds. The Morgan fingerprint density at radius 2 is 1.73 bits per heavy atom. The van der Waals surface area contributed by atoms with E-state index >= 15 is 0 Å². The molecule has 0 aliphatic heterocycles. The summed E-state index contributed by atoms with van der Waals surface area (Å²) in [6.45, 7) is 6.94. The second-order valence-electron chi connectivity index (χ2n) is 6.14. The number of ketones is 1. The largest absolute Gasteiger partial charge is 0.481 e. The fourth-order valence-electron chi connectivity index (χ4n) is 2.55. The van der Waals surface area contributed by atoms with Crippen LogP contribution < -0.4 is 4.74 Å². The van der Waals surface area contributed by atoms with Crippen LogP contribution in [0, 0.1) is 32.1 Å². The van der Waals surface area contributed by atoms with Gasteiger partial charge in [-0.1, -0.05) is 18.2 Å². The lowest BCUT2D eigenvalue weighted by Gasteiger charge is -2.15. The van der Waals surface area contributed by atoms with Crippen molar-refractivity contribution in [1.29, 1.82) is 5.26 Å². The van der Waals surface area contributed by atoms with Gasteiger partial charge < -0.3 is 9.47 Å². The number of nitriles is 1. The van der Waals surface area contributed by atoms with Crippen LogP contribution in [0.25, 0.3) is 0 Å². The highest BCUT2D eigenvalue weighted by molar-refractivity contribution is 6.01. The molecule has 2 rings (SSSR count). The molecule has 134 valence electrons. The van der Waals surface area contributed by atoms with Crippen molar-refractivity contribution in [3.8, 4) is 11.8 Å². The molecule has 0 fully saturated rings. The summed E-state index contributed by atoms with van der Waals surface area (Å²) >= 11 is 0. The monoisotopic (exact) mass is 351 g/mol. The average molecular weight is 351 g/mol. The lowest BCUT2D eigenvalue weighted by Crippen LogP contribution is -2.28. The number of ether oxygens (including phenoxy) is 2. The Labute approximate surface area is 153 Å². The number of para-hydroxylation sites is 1. The minimum Gasteiger partial charge on any atom is -0.481 e. The minimum atomic E-state index is -0.918. The van der Waals surface area contributed by atoms with Gasteiger partial charge >= 0.3 is 5.97 Å². The molecular weight excluding hydrogens is 330 g/mol. The van der Waals surface area contributed by atoms with Crippen LogP contribution in [-0.4, -0.2) is 24.5 Å². The Hall–Kier alpha value is -3.13. The fourth-order valence-corrected chi connectivity index (χ4v) is 2.55. The van der Waals surface area contributed by atoms with E-state index in [1.54, 1.807) is 24.3 Å². The number of esters is 1. The molecule has 5 nitrogen and oxygen atoms in total. The van der Waals surface area contributed by atoms with E-state index in [0.29, 0.717) is 16.9 Å². The van der Waals surface area contributed by atoms with E-state index < -0.39 is 12.1 Å². The third kappa shape index (κ3) is 4.48. The minimum absolute atomic E-state index is 0.253. The highest BCUT2D eigenvalue weighted by Gasteiger charge is 2.22. The first-order valence-corrected chi connectivity index (χ1v) is 8.27. The summed E-state index contributed by atoms with van der Waals surface area (Å²) in [6, 6.07) is 12.3. The molecule has 0 saturated carbocycles. The quantitative estimate of drug-likeness (QED) is 0.586. The van der Waals surface area contributed by atoms with Gasteiger partial charge in [0.15, 0.2) is 12.7 Å². The number of hydrogen-bond donors (Lipinski definition) is 0. The molecule has 0 unspecified atom stereocenters. The number of rotatable bonds is 6. The Morgan fingerprint density at radius 1 is 1.08 bits per heavy atom. The first kappa shape index (κ1) is 19.2. The number of nitrogens with zero attached hydrogens (tertiary/aromatic N) is 1. The van der Waals surface area contributed by atoms with Crippen molar-refractivity contribution in [3.05, 3.63) is 64.2 Å². The maximum atomic E-state index is 12.6. The van der Waals surface area contributed by atoms with Crippen LogP contribution in [0.3, 0.4) is 0 Å². The van der Waals surface area contributed by atoms with Crippen LogP contribution in [-0.2, 0) is 9.53 Å². The van der Waals surface area contributed by atoms with Crippen molar-refractivity contribution in [3.63, 3.8) is 0 Å². The van der Waals surface area contributed by atoms with Gasteiger partial charge in [0.1, 0.15) is 11.8 Å². The van der Waals surface area contributed by atoms with Gasteiger partial charge in [0, 0.05) is 5.56 Å².